The molecular formula is C30H38N6O7. The summed E-state index contributed by atoms with van der Waals surface area (Å²) in [5.74, 6) is -4.75. The van der Waals surface area contributed by atoms with Crippen LogP contribution in [0.1, 0.15) is 37.8 Å². The second-order valence-corrected chi connectivity index (χ2v) is 10.5. The summed E-state index contributed by atoms with van der Waals surface area (Å²) in [6.45, 7) is 3.61. The van der Waals surface area contributed by atoms with Crippen molar-refractivity contribution < 1.29 is 34.2 Å². The summed E-state index contributed by atoms with van der Waals surface area (Å²) in [5.41, 5.74) is 13.3. The fourth-order valence-electron chi connectivity index (χ4n) is 4.53. The SMILES string of the molecule is CCC(C)C(N)C(=O)NC(CC(N)=O)C(=O)NC(Cc1ccc(O)cc1)C(=O)NC(Cc1c[nH]c2ccccc12)C(=O)O. The van der Waals surface area contributed by atoms with Crippen molar-refractivity contribution in [3.8, 4) is 5.75 Å². The Balaban J connectivity index is 1.84. The van der Waals surface area contributed by atoms with Crippen LogP contribution < -0.4 is 27.4 Å². The summed E-state index contributed by atoms with van der Waals surface area (Å²) >= 11 is 0. The second-order valence-electron chi connectivity index (χ2n) is 10.5. The van der Waals surface area contributed by atoms with Gasteiger partial charge in [0.15, 0.2) is 0 Å². The van der Waals surface area contributed by atoms with E-state index in [1.54, 1.807) is 13.1 Å². The molecule has 3 aromatic rings. The van der Waals surface area contributed by atoms with Crippen LogP contribution in [0.15, 0.2) is 54.7 Å². The lowest BCUT2D eigenvalue weighted by molar-refractivity contribution is -0.142. The molecule has 0 saturated heterocycles. The summed E-state index contributed by atoms with van der Waals surface area (Å²) in [6, 6.07) is 8.14. The molecule has 1 heterocycles. The normalized spacial score (nSPS) is 14.6. The smallest absolute Gasteiger partial charge is 0.326 e. The van der Waals surface area contributed by atoms with Crippen LogP contribution in [0.2, 0.25) is 0 Å². The van der Waals surface area contributed by atoms with Gasteiger partial charge in [-0.2, -0.15) is 0 Å². The number of carbonyl (C=O) groups excluding carboxylic acids is 4. The van der Waals surface area contributed by atoms with Crippen molar-refractivity contribution in [1.82, 2.24) is 20.9 Å². The van der Waals surface area contributed by atoms with Crippen LogP contribution in [-0.4, -0.2) is 69.0 Å². The van der Waals surface area contributed by atoms with Crippen LogP contribution in [0, 0.1) is 5.92 Å². The third-order valence-corrected chi connectivity index (χ3v) is 7.32. The number of fused-ring (bicyclic) bond motifs is 1. The van der Waals surface area contributed by atoms with Crippen LogP contribution in [-0.2, 0) is 36.8 Å². The van der Waals surface area contributed by atoms with Crippen molar-refractivity contribution in [3.05, 3.63) is 65.9 Å². The van der Waals surface area contributed by atoms with E-state index in [1.165, 1.54) is 24.3 Å². The number of aliphatic carboxylic acids is 1. The van der Waals surface area contributed by atoms with Gasteiger partial charge in [-0.3, -0.25) is 19.2 Å². The predicted molar refractivity (Wildman–Crippen MR) is 158 cm³/mol. The first-order valence-corrected chi connectivity index (χ1v) is 13.9. The van der Waals surface area contributed by atoms with Crippen molar-refractivity contribution in [2.75, 3.05) is 0 Å². The number of aromatic nitrogens is 1. The quantitative estimate of drug-likeness (QED) is 0.123. The van der Waals surface area contributed by atoms with Crippen LogP contribution >= 0.6 is 0 Å². The second kappa shape index (κ2) is 14.8. The number of carboxylic acids is 1. The number of nitrogens with two attached hydrogens (primary N) is 2. The Morgan fingerprint density at radius 2 is 1.47 bits per heavy atom. The lowest BCUT2D eigenvalue weighted by Crippen LogP contribution is -2.58. The maximum Gasteiger partial charge on any atom is 0.326 e. The van der Waals surface area contributed by atoms with Gasteiger partial charge in [0.2, 0.25) is 23.6 Å². The zero-order chi connectivity index (χ0) is 31.7. The van der Waals surface area contributed by atoms with Crippen LogP contribution in [0.4, 0.5) is 0 Å². The number of primary amides is 1. The van der Waals surface area contributed by atoms with Crippen molar-refractivity contribution in [1.29, 1.82) is 0 Å². The molecule has 13 heteroatoms. The minimum Gasteiger partial charge on any atom is -0.508 e. The van der Waals surface area contributed by atoms with Gasteiger partial charge in [0.05, 0.1) is 12.5 Å². The summed E-state index contributed by atoms with van der Waals surface area (Å²) in [6.07, 6.45) is 1.57. The summed E-state index contributed by atoms with van der Waals surface area (Å²) < 4.78 is 0. The number of hydrogen-bond acceptors (Lipinski definition) is 7. The summed E-state index contributed by atoms with van der Waals surface area (Å²) in [7, 11) is 0. The van der Waals surface area contributed by atoms with E-state index in [4.69, 9.17) is 11.5 Å². The Kier molecular flexibility index (Phi) is 11.2. The van der Waals surface area contributed by atoms with Gasteiger partial charge in [0, 0.05) is 29.9 Å². The molecule has 0 spiro atoms. The fourth-order valence-corrected chi connectivity index (χ4v) is 4.53. The monoisotopic (exact) mass is 594 g/mol. The molecule has 2 aromatic carbocycles. The highest BCUT2D eigenvalue weighted by Gasteiger charge is 2.32. The third-order valence-electron chi connectivity index (χ3n) is 7.32. The minimum absolute atomic E-state index is 0.0136. The first-order valence-electron chi connectivity index (χ1n) is 13.9. The van der Waals surface area contributed by atoms with Crippen molar-refractivity contribution in [3.63, 3.8) is 0 Å². The molecule has 0 radical (unpaired) electrons. The molecule has 0 bridgehead atoms. The highest BCUT2D eigenvalue weighted by Crippen LogP contribution is 2.19. The Bertz CT molecular complexity index is 1450. The van der Waals surface area contributed by atoms with E-state index in [0.29, 0.717) is 17.5 Å². The standard InChI is InChI=1S/C30H38N6O7/c1-3-16(2)26(32)29(41)35-23(14-25(31)38)28(40)34-22(12-17-8-10-19(37)11-9-17)27(39)36-24(30(42)43)13-18-15-33-21-7-5-4-6-20(18)21/h4-11,15-16,22-24,26,33,37H,3,12-14,32H2,1-2H3,(H2,31,38)(H,34,40)(H,35,41)(H,36,39)(H,42,43). The van der Waals surface area contributed by atoms with Crippen LogP contribution in [0.3, 0.4) is 0 Å². The van der Waals surface area contributed by atoms with Crippen LogP contribution in [0.5, 0.6) is 5.75 Å². The van der Waals surface area contributed by atoms with Crippen molar-refractivity contribution in [2.45, 2.75) is 63.7 Å². The molecule has 3 rings (SSSR count). The van der Waals surface area contributed by atoms with Gasteiger partial charge in [0.25, 0.3) is 0 Å². The average molecular weight is 595 g/mol. The Labute approximate surface area is 248 Å². The molecule has 0 aliphatic heterocycles. The van der Waals surface area contributed by atoms with Crippen LogP contribution in [0.25, 0.3) is 10.9 Å². The molecule has 13 nitrogen and oxygen atoms in total. The maximum absolute atomic E-state index is 13.5. The van der Waals surface area contributed by atoms with Gasteiger partial charge < -0.3 is 42.6 Å². The number of nitrogens with one attached hydrogen (secondary N) is 4. The first kappa shape index (κ1) is 32.6. The number of phenolic OH excluding ortho intramolecular Hbond substituents is 1. The number of phenols is 1. The predicted octanol–water partition coefficient (Wildman–Crippen LogP) is 0.447. The van der Waals surface area contributed by atoms with Gasteiger partial charge >= 0.3 is 5.97 Å². The number of para-hydroxylation sites is 1. The van der Waals surface area contributed by atoms with E-state index < -0.39 is 60.2 Å². The number of aromatic amines is 1. The molecule has 10 N–H and O–H groups in total. The highest BCUT2D eigenvalue weighted by molar-refractivity contribution is 5.96. The maximum atomic E-state index is 13.5. The lowest BCUT2D eigenvalue weighted by atomic mass is 9.98. The van der Waals surface area contributed by atoms with Gasteiger partial charge in [-0.1, -0.05) is 50.6 Å². The molecule has 0 saturated carbocycles. The summed E-state index contributed by atoms with van der Waals surface area (Å²) in [4.78, 5) is 66.6. The molecular weight excluding hydrogens is 556 g/mol. The molecule has 230 valence electrons. The molecule has 0 fully saturated rings. The zero-order valence-electron chi connectivity index (χ0n) is 24.0. The molecule has 0 aliphatic rings. The minimum atomic E-state index is -1.43. The molecule has 5 atom stereocenters. The molecule has 5 unspecified atom stereocenters. The number of hydrogen-bond donors (Lipinski definition) is 8. The van der Waals surface area contributed by atoms with Gasteiger partial charge in [-0.25, -0.2) is 4.79 Å². The zero-order valence-corrected chi connectivity index (χ0v) is 24.0. The Morgan fingerprint density at radius 1 is 0.860 bits per heavy atom. The number of benzene rings is 2. The molecule has 1 aromatic heterocycles. The van der Waals surface area contributed by atoms with Gasteiger partial charge in [-0.15, -0.1) is 0 Å². The Hall–Kier alpha value is -4.91. The third kappa shape index (κ3) is 9.04. The topological polar surface area (TPSA) is 230 Å². The van der Waals surface area contributed by atoms with E-state index in [-0.39, 0.29) is 24.5 Å². The molecule has 0 aliphatic carbocycles. The number of rotatable bonds is 15. The molecule has 43 heavy (non-hydrogen) atoms. The number of amides is 4. The Morgan fingerprint density at radius 3 is 2.09 bits per heavy atom. The van der Waals surface area contributed by atoms with E-state index in [9.17, 15) is 34.2 Å². The summed E-state index contributed by atoms with van der Waals surface area (Å²) in [5, 5.41) is 27.9. The van der Waals surface area contributed by atoms with Gasteiger partial charge in [-0.05, 0) is 35.2 Å². The van der Waals surface area contributed by atoms with Crippen molar-refractivity contribution >= 4 is 40.5 Å². The number of carbonyl (C=O) groups is 5. The van der Waals surface area contributed by atoms with E-state index >= 15 is 0 Å². The number of aromatic hydroxyl groups is 1. The van der Waals surface area contributed by atoms with E-state index in [0.717, 1.165) is 10.9 Å². The van der Waals surface area contributed by atoms with Crippen molar-refractivity contribution in [2.24, 2.45) is 17.4 Å². The van der Waals surface area contributed by atoms with E-state index in [1.807, 2.05) is 31.2 Å². The largest absolute Gasteiger partial charge is 0.508 e. The number of carboxylic acid groups (broad SMARTS) is 1. The fraction of sp³-hybridized carbons (Fsp3) is 0.367. The number of H-pyrrole nitrogens is 1. The lowest BCUT2D eigenvalue weighted by Gasteiger charge is -2.26. The first-order chi connectivity index (χ1) is 20.4. The van der Waals surface area contributed by atoms with E-state index in [2.05, 4.69) is 20.9 Å². The average Bonchev–Trinajstić information content (AvgIpc) is 3.38. The highest BCUT2D eigenvalue weighted by atomic mass is 16.4. The van der Waals surface area contributed by atoms with Gasteiger partial charge in [0.1, 0.15) is 23.9 Å². The molecule has 4 amide bonds.